The van der Waals surface area contributed by atoms with Gasteiger partial charge in [0.05, 0.1) is 6.42 Å². The highest BCUT2D eigenvalue weighted by atomic mass is 16.4. The summed E-state index contributed by atoms with van der Waals surface area (Å²) in [6.45, 7) is 4.97. The average Bonchev–Trinajstić information content (AvgIpc) is 2.11. The molecule has 1 aliphatic rings. The van der Waals surface area contributed by atoms with E-state index in [0.29, 0.717) is 5.92 Å². The van der Waals surface area contributed by atoms with Crippen molar-refractivity contribution in [3.63, 3.8) is 0 Å². The van der Waals surface area contributed by atoms with E-state index in [1.807, 2.05) is 7.05 Å². The molecular formula is C9H18N2O2. The van der Waals surface area contributed by atoms with Gasteiger partial charge in [-0.3, -0.25) is 4.79 Å². The molecule has 1 heterocycles. The summed E-state index contributed by atoms with van der Waals surface area (Å²) >= 11 is 0. The molecule has 0 radical (unpaired) electrons. The number of carboxylic acid groups (broad SMARTS) is 1. The predicted octanol–water partition coefficient (Wildman–Crippen LogP) is 0.000800. The van der Waals surface area contributed by atoms with Crippen molar-refractivity contribution in [1.29, 1.82) is 0 Å². The Hall–Kier alpha value is -0.610. The second-order valence-electron chi connectivity index (χ2n) is 4.03. The van der Waals surface area contributed by atoms with Gasteiger partial charge in [-0.25, -0.2) is 0 Å². The Morgan fingerprint density at radius 1 is 1.62 bits per heavy atom. The summed E-state index contributed by atoms with van der Waals surface area (Å²) in [5.41, 5.74) is 0. The predicted molar refractivity (Wildman–Crippen MR) is 50.7 cm³/mol. The van der Waals surface area contributed by atoms with Crippen LogP contribution in [-0.4, -0.2) is 48.7 Å². The fourth-order valence-electron chi connectivity index (χ4n) is 1.83. The van der Waals surface area contributed by atoms with E-state index < -0.39 is 5.97 Å². The average molecular weight is 186 g/mol. The van der Waals surface area contributed by atoms with Gasteiger partial charge in [-0.2, -0.15) is 0 Å². The standard InChI is InChI=1S/C9H18N2O2/c1-7-4-10-8(3-9(12)13)6-11(2)5-7/h7-8,10H,3-6H2,1-2H3,(H,12,13). The Morgan fingerprint density at radius 3 is 2.92 bits per heavy atom. The molecule has 0 aromatic carbocycles. The first-order valence-corrected chi connectivity index (χ1v) is 4.71. The first kappa shape index (κ1) is 10.5. The second-order valence-corrected chi connectivity index (χ2v) is 4.03. The number of hydrogen-bond acceptors (Lipinski definition) is 3. The van der Waals surface area contributed by atoms with Crippen molar-refractivity contribution >= 4 is 5.97 Å². The summed E-state index contributed by atoms with van der Waals surface area (Å²) in [6.07, 6.45) is 0.219. The first-order valence-electron chi connectivity index (χ1n) is 4.71. The van der Waals surface area contributed by atoms with Crippen LogP contribution in [0.25, 0.3) is 0 Å². The van der Waals surface area contributed by atoms with Crippen LogP contribution in [0.1, 0.15) is 13.3 Å². The maximum absolute atomic E-state index is 10.5. The molecule has 4 heteroatoms. The first-order chi connectivity index (χ1) is 6.08. The van der Waals surface area contributed by atoms with Crippen LogP contribution in [0.3, 0.4) is 0 Å². The third kappa shape index (κ3) is 3.74. The molecule has 0 spiro atoms. The van der Waals surface area contributed by atoms with Crippen LogP contribution in [0.4, 0.5) is 0 Å². The third-order valence-corrected chi connectivity index (χ3v) is 2.33. The van der Waals surface area contributed by atoms with Crippen molar-refractivity contribution in [2.75, 3.05) is 26.7 Å². The lowest BCUT2D eigenvalue weighted by molar-refractivity contribution is -0.137. The van der Waals surface area contributed by atoms with E-state index in [0.717, 1.165) is 19.6 Å². The molecule has 2 N–H and O–H groups in total. The van der Waals surface area contributed by atoms with E-state index in [-0.39, 0.29) is 12.5 Å². The molecule has 1 aliphatic heterocycles. The number of carbonyl (C=O) groups is 1. The van der Waals surface area contributed by atoms with Crippen molar-refractivity contribution in [2.24, 2.45) is 5.92 Å². The quantitative estimate of drug-likeness (QED) is 0.637. The van der Waals surface area contributed by atoms with Gasteiger partial charge in [0.25, 0.3) is 0 Å². The van der Waals surface area contributed by atoms with Crippen molar-refractivity contribution in [3.8, 4) is 0 Å². The highest BCUT2D eigenvalue weighted by Gasteiger charge is 2.20. The molecule has 76 valence electrons. The van der Waals surface area contributed by atoms with Gasteiger partial charge < -0.3 is 15.3 Å². The van der Waals surface area contributed by atoms with E-state index in [1.54, 1.807) is 0 Å². The van der Waals surface area contributed by atoms with Crippen LogP contribution in [-0.2, 0) is 4.79 Å². The molecule has 13 heavy (non-hydrogen) atoms. The van der Waals surface area contributed by atoms with Crippen LogP contribution in [0.15, 0.2) is 0 Å². The molecule has 0 aromatic rings. The monoisotopic (exact) mass is 186 g/mol. The zero-order chi connectivity index (χ0) is 9.84. The van der Waals surface area contributed by atoms with Crippen molar-refractivity contribution in [1.82, 2.24) is 10.2 Å². The molecule has 1 fully saturated rings. The summed E-state index contributed by atoms with van der Waals surface area (Å²) < 4.78 is 0. The normalized spacial score (nSPS) is 31.2. The highest BCUT2D eigenvalue weighted by Crippen LogP contribution is 2.05. The molecule has 0 amide bonds. The van der Waals surface area contributed by atoms with Crippen LogP contribution >= 0.6 is 0 Å². The van der Waals surface area contributed by atoms with E-state index >= 15 is 0 Å². The fraction of sp³-hybridized carbons (Fsp3) is 0.889. The van der Waals surface area contributed by atoms with E-state index in [2.05, 4.69) is 17.1 Å². The van der Waals surface area contributed by atoms with Crippen molar-refractivity contribution in [3.05, 3.63) is 0 Å². The Bertz CT molecular complexity index is 184. The van der Waals surface area contributed by atoms with Gasteiger partial charge in [0.15, 0.2) is 0 Å². The molecular weight excluding hydrogens is 168 g/mol. The van der Waals surface area contributed by atoms with Gasteiger partial charge in [0, 0.05) is 19.1 Å². The Morgan fingerprint density at radius 2 is 2.31 bits per heavy atom. The van der Waals surface area contributed by atoms with Gasteiger partial charge in [-0.1, -0.05) is 6.92 Å². The number of aliphatic carboxylic acids is 1. The van der Waals surface area contributed by atoms with Crippen LogP contribution in [0.2, 0.25) is 0 Å². The second kappa shape index (κ2) is 4.58. The molecule has 0 saturated carbocycles. The largest absolute Gasteiger partial charge is 0.481 e. The van der Waals surface area contributed by atoms with Crippen molar-refractivity contribution < 1.29 is 9.90 Å². The number of rotatable bonds is 2. The summed E-state index contributed by atoms with van der Waals surface area (Å²) in [6, 6.07) is 0.104. The Kier molecular flexibility index (Phi) is 3.69. The smallest absolute Gasteiger partial charge is 0.304 e. The zero-order valence-corrected chi connectivity index (χ0v) is 8.29. The van der Waals surface area contributed by atoms with Gasteiger partial charge in [0.2, 0.25) is 0 Å². The van der Waals surface area contributed by atoms with Gasteiger partial charge in [0.1, 0.15) is 0 Å². The molecule has 1 saturated heterocycles. The maximum atomic E-state index is 10.5. The molecule has 2 atom stereocenters. The summed E-state index contributed by atoms with van der Waals surface area (Å²) in [5.74, 6) is -0.121. The molecule has 0 aromatic heterocycles. The SMILES string of the molecule is CC1CNC(CC(=O)O)CN(C)C1. The number of nitrogens with zero attached hydrogens (tertiary/aromatic N) is 1. The van der Waals surface area contributed by atoms with Gasteiger partial charge >= 0.3 is 5.97 Å². The van der Waals surface area contributed by atoms with Gasteiger partial charge in [-0.15, -0.1) is 0 Å². The number of nitrogens with one attached hydrogen (secondary N) is 1. The van der Waals surface area contributed by atoms with E-state index in [1.165, 1.54) is 0 Å². The van der Waals surface area contributed by atoms with Crippen LogP contribution in [0, 0.1) is 5.92 Å². The van der Waals surface area contributed by atoms with E-state index in [9.17, 15) is 4.79 Å². The summed E-state index contributed by atoms with van der Waals surface area (Å²) in [4.78, 5) is 12.7. The lowest BCUT2D eigenvalue weighted by Gasteiger charge is -2.18. The Balaban J connectivity index is 2.43. The maximum Gasteiger partial charge on any atom is 0.304 e. The van der Waals surface area contributed by atoms with Crippen LogP contribution < -0.4 is 5.32 Å². The number of carboxylic acids is 1. The minimum absolute atomic E-state index is 0.104. The van der Waals surface area contributed by atoms with Crippen LogP contribution in [0.5, 0.6) is 0 Å². The minimum atomic E-state index is -0.722. The minimum Gasteiger partial charge on any atom is -0.481 e. The fourth-order valence-corrected chi connectivity index (χ4v) is 1.83. The molecule has 4 nitrogen and oxygen atoms in total. The third-order valence-electron chi connectivity index (χ3n) is 2.33. The topological polar surface area (TPSA) is 52.6 Å². The van der Waals surface area contributed by atoms with E-state index in [4.69, 9.17) is 5.11 Å². The highest BCUT2D eigenvalue weighted by molar-refractivity contribution is 5.67. The lowest BCUT2D eigenvalue weighted by atomic mass is 10.2. The zero-order valence-electron chi connectivity index (χ0n) is 8.29. The summed E-state index contributed by atoms with van der Waals surface area (Å²) in [7, 11) is 2.04. The van der Waals surface area contributed by atoms with Gasteiger partial charge in [-0.05, 0) is 19.5 Å². The number of likely N-dealkylation sites (N-methyl/N-ethyl adjacent to an activating group) is 1. The molecule has 0 aliphatic carbocycles. The molecule has 0 bridgehead atoms. The lowest BCUT2D eigenvalue weighted by Crippen LogP contribution is -2.37. The summed E-state index contributed by atoms with van der Waals surface area (Å²) in [5, 5.41) is 11.9. The number of hydrogen-bond donors (Lipinski definition) is 2. The molecule has 2 unspecified atom stereocenters. The molecule has 1 rings (SSSR count). The Labute approximate surface area is 78.9 Å². The van der Waals surface area contributed by atoms with Crippen molar-refractivity contribution in [2.45, 2.75) is 19.4 Å².